The molecule has 0 aliphatic carbocycles. The SMILES string of the molecule is CC1C(Cc2ccccc2)OC(Oc2ccc(COC(=O)N(C)CCN(C)C(=O)Cl)cc2[N+](=O)[O-])C(O[Si](C)(C)C(C)(C)C)C1C. The van der Waals surface area contributed by atoms with Gasteiger partial charge in [0.25, 0.3) is 0 Å². The molecule has 5 atom stereocenters. The normalized spacial score (nSPS) is 21.7. The molecule has 2 aromatic carbocycles. The predicted octanol–water partition coefficient (Wildman–Crippen LogP) is 7.46. The van der Waals surface area contributed by atoms with Crippen molar-refractivity contribution >= 4 is 37.1 Å². The summed E-state index contributed by atoms with van der Waals surface area (Å²) in [6.45, 7) is 15.3. The van der Waals surface area contributed by atoms with Gasteiger partial charge in [0.05, 0.1) is 11.0 Å². The smallest absolute Gasteiger partial charge is 0.409 e. The molecule has 2 aromatic rings. The minimum absolute atomic E-state index is 0.0404. The Morgan fingerprint density at radius 2 is 1.63 bits per heavy atom. The Labute approximate surface area is 278 Å². The van der Waals surface area contributed by atoms with Crippen LogP contribution < -0.4 is 4.74 Å². The third-order valence-electron chi connectivity index (χ3n) is 9.24. The highest BCUT2D eigenvalue weighted by Crippen LogP contribution is 2.43. The lowest BCUT2D eigenvalue weighted by atomic mass is 9.81. The molecule has 0 bridgehead atoms. The number of nitro groups is 1. The number of amides is 2. The highest BCUT2D eigenvalue weighted by Gasteiger charge is 2.49. The van der Waals surface area contributed by atoms with E-state index in [0.717, 1.165) is 5.56 Å². The predicted molar refractivity (Wildman–Crippen MR) is 180 cm³/mol. The number of hydrogen-bond acceptors (Lipinski definition) is 8. The van der Waals surface area contributed by atoms with Crippen molar-refractivity contribution < 1.29 is 33.1 Å². The van der Waals surface area contributed by atoms with E-state index in [0.29, 0.717) is 12.0 Å². The zero-order chi connectivity index (χ0) is 34.4. The number of likely N-dealkylation sites (N-methyl/N-ethyl adjacent to an activating group) is 2. The van der Waals surface area contributed by atoms with E-state index in [2.05, 4.69) is 59.8 Å². The third kappa shape index (κ3) is 9.66. The van der Waals surface area contributed by atoms with Gasteiger partial charge in [-0.1, -0.05) is 71.0 Å². The van der Waals surface area contributed by atoms with Crippen LogP contribution in [0.2, 0.25) is 18.1 Å². The lowest BCUT2D eigenvalue weighted by Crippen LogP contribution is -2.57. The van der Waals surface area contributed by atoms with Crippen molar-refractivity contribution in [2.24, 2.45) is 11.8 Å². The second-order valence-electron chi connectivity index (χ2n) is 13.6. The van der Waals surface area contributed by atoms with Crippen LogP contribution in [0.25, 0.3) is 0 Å². The second-order valence-corrected chi connectivity index (χ2v) is 18.7. The van der Waals surface area contributed by atoms with Crippen LogP contribution in [0.1, 0.15) is 45.7 Å². The number of rotatable bonds is 12. The molecule has 1 heterocycles. The fourth-order valence-electron chi connectivity index (χ4n) is 4.87. The molecule has 1 fully saturated rings. The Balaban J connectivity index is 1.83. The van der Waals surface area contributed by atoms with Gasteiger partial charge in [0.15, 0.2) is 14.1 Å². The van der Waals surface area contributed by atoms with E-state index in [-0.39, 0.29) is 54.1 Å². The number of benzene rings is 2. The molecule has 2 amide bonds. The Kier molecular flexibility index (Phi) is 12.6. The number of hydrogen-bond donors (Lipinski definition) is 0. The van der Waals surface area contributed by atoms with Crippen LogP contribution in [0, 0.1) is 22.0 Å². The Bertz CT molecular complexity index is 1360. The van der Waals surface area contributed by atoms with E-state index in [4.69, 9.17) is 30.2 Å². The molecule has 1 aliphatic rings. The van der Waals surface area contributed by atoms with Crippen molar-refractivity contribution in [3.05, 3.63) is 69.8 Å². The van der Waals surface area contributed by atoms with Crippen LogP contribution in [0.15, 0.2) is 48.5 Å². The summed E-state index contributed by atoms with van der Waals surface area (Å²) in [4.78, 5) is 37.9. The van der Waals surface area contributed by atoms with Gasteiger partial charge in [0.1, 0.15) is 12.7 Å². The van der Waals surface area contributed by atoms with Crippen molar-refractivity contribution in [2.45, 2.75) is 84.3 Å². The van der Waals surface area contributed by atoms with Gasteiger partial charge in [-0.15, -0.1) is 0 Å². The van der Waals surface area contributed by atoms with Gasteiger partial charge in [0.2, 0.25) is 6.29 Å². The number of carbonyl (C=O) groups is 2. The molecule has 0 N–H and O–H groups in total. The Hall–Kier alpha value is -3.19. The van der Waals surface area contributed by atoms with Crippen LogP contribution >= 0.6 is 11.6 Å². The summed E-state index contributed by atoms with van der Waals surface area (Å²) in [6, 6.07) is 14.5. The van der Waals surface area contributed by atoms with Crippen molar-refractivity contribution in [1.29, 1.82) is 0 Å². The van der Waals surface area contributed by atoms with Crippen molar-refractivity contribution in [2.75, 3.05) is 27.2 Å². The van der Waals surface area contributed by atoms with Crippen molar-refractivity contribution in [3.8, 4) is 5.75 Å². The van der Waals surface area contributed by atoms with Crippen molar-refractivity contribution in [3.63, 3.8) is 0 Å². The van der Waals surface area contributed by atoms with E-state index in [1.54, 1.807) is 6.07 Å². The molecule has 11 nitrogen and oxygen atoms in total. The zero-order valence-corrected chi connectivity index (χ0v) is 30.1. The summed E-state index contributed by atoms with van der Waals surface area (Å²) in [7, 11) is 0.753. The number of carbonyl (C=O) groups excluding carboxylic acids is 2. The number of nitrogens with zero attached hydrogens (tertiary/aromatic N) is 3. The summed E-state index contributed by atoms with van der Waals surface area (Å²) in [5.74, 6) is 0.217. The average molecular weight is 678 g/mol. The Morgan fingerprint density at radius 3 is 2.22 bits per heavy atom. The lowest BCUT2D eigenvalue weighted by molar-refractivity contribution is -0.387. The van der Waals surface area contributed by atoms with Gasteiger partial charge < -0.3 is 28.4 Å². The molecule has 0 spiro atoms. The van der Waals surface area contributed by atoms with Gasteiger partial charge in [-0.25, -0.2) is 4.79 Å². The van der Waals surface area contributed by atoms with E-state index in [1.165, 1.54) is 36.0 Å². The fourth-order valence-corrected chi connectivity index (χ4v) is 6.31. The molecule has 1 saturated heterocycles. The molecule has 0 radical (unpaired) electrons. The molecule has 0 aromatic heterocycles. The summed E-state index contributed by atoms with van der Waals surface area (Å²) >= 11 is 5.43. The van der Waals surface area contributed by atoms with Crippen LogP contribution in [0.4, 0.5) is 15.3 Å². The van der Waals surface area contributed by atoms with Crippen LogP contribution in [0.5, 0.6) is 5.75 Å². The molecular weight excluding hydrogens is 630 g/mol. The molecular formula is C33H48ClN3O8Si. The van der Waals surface area contributed by atoms with Crippen molar-refractivity contribution in [1.82, 2.24) is 9.80 Å². The summed E-state index contributed by atoms with van der Waals surface area (Å²) in [5, 5.41) is 11.5. The first-order valence-corrected chi connectivity index (χ1v) is 18.8. The molecule has 3 rings (SSSR count). The van der Waals surface area contributed by atoms with Crippen LogP contribution in [-0.4, -0.2) is 80.2 Å². The first kappa shape index (κ1) is 37.3. The molecule has 46 heavy (non-hydrogen) atoms. The topological polar surface area (TPSA) is 121 Å². The van der Waals surface area contributed by atoms with E-state index >= 15 is 0 Å². The first-order valence-electron chi connectivity index (χ1n) is 15.5. The van der Waals surface area contributed by atoms with Gasteiger partial charge in [-0.2, -0.15) is 0 Å². The van der Waals surface area contributed by atoms with Crippen LogP contribution in [-0.2, 0) is 26.9 Å². The average Bonchev–Trinajstić information content (AvgIpc) is 2.99. The van der Waals surface area contributed by atoms with Gasteiger partial charge >= 0.3 is 17.1 Å². The second kappa shape index (κ2) is 15.6. The fraction of sp³-hybridized carbons (Fsp3) is 0.576. The molecule has 254 valence electrons. The largest absolute Gasteiger partial charge is 0.455 e. The standard InChI is InChI=1S/C33H48ClN3O8Si/c1-22-23(2)29(45-46(8,9)33(3,4)5)30(44-28(22)20-24-13-11-10-12-14-24)43-27-16-15-25(19-26(27)37(40)41)21-42-32(39)36(7)18-17-35(6)31(34)38/h10-16,19,22-23,28-30H,17-18,20-21H2,1-9H3. The van der Waals surface area contributed by atoms with E-state index in [1.807, 2.05) is 18.2 Å². The quantitative estimate of drug-likeness (QED) is 0.0746. The number of ether oxygens (including phenoxy) is 3. The lowest BCUT2D eigenvalue weighted by Gasteiger charge is -2.48. The van der Waals surface area contributed by atoms with Gasteiger partial charge in [-0.3, -0.25) is 14.9 Å². The van der Waals surface area contributed by atoms with E-state index < -0.39 is 37.1 Å². The highest BCUT2D eigenvalue weighted by molar-refractivity contribution is 6.74. The molecule has 0 saturated carbocycles. The van der Waals surface area contributed by atoms with Crippen LogP contribution in [0.3, 0.4) is 0 Å². The highest BCUT2D eigenvalue weighted by atomic mass is 35.5. The number of halogens is 1. The third-order valence-corrected chi connectivity index (χ3v) is 14.0. The zero-order valence-electron chi connectivity index (χ0n) is 28.3. The number of nitro benzene ring substituents is 1. The molecule has 13 heteroatoms. The minimum atomic E-state index is -2.28. The van der Waals surface area contributed by atoms with E-state index in [9.17, 15) is 19.7 Å². The summed E-state index contributed by atoms with van der Waals surface area (Å²) in [5.41, 5.74) is 1.27. The summed E-state index contributed by atoms with van der Waals surface area (Å²) in [6.07, 6.45) is -1.51. The Morgan fingerprint density at radius 1 is 1.00 bits per heavy atom. The molecule has 1 aliphatic heterocycles. The maximum atomic E-state index is 12.5. The molecule has 5 unspecified atom stereocenters. The monoisotopic (exact) mass is 677 g/mol. The maximum absolute atomic E-state index is 12.5. The van der Waals surface area contributed by atoms with Gasteiger partial charge in [-0.05, 0) is 65.2 Å². The minimum Gasteiger partial charge on any atom is -0.455 e. The van der Waals surface area contributed by atoms with Gasteiger partial charge in [0, 0.05) is 33.3 Å². The maximum Gasteiger partial charge on any atom is 0.409 e. The first-order chi connectivity index (χ1) is 21.4. The summed E-state index contributed by atoms with van der Waals surface area (Å²) < 4.78 is 25.2.